The maximum absolute atomic E-state index is 12.3. The number of nitrogens with one attached hydrogen (secondary N) is 2. The first-order valence-electron chi connectivity index (χ1n) is 10.1. The molecule has 2 aromatic rings. The summed E-state index contributed by atoms with van der Waals surface area (Å²) in [4.78, 5) is 34.8. The Morgan fingerprint density at radius 3 is 2.20 bits per heavy atom. The van der Waals surface area contributed by atoms with Crippen LogP contribution >= 0.6 is 0 Å². The number of ether oxygens (including phenoxy) is 1. The fraction of sp³-hybridized carbons (Fsp3) is 0.348. The molecule has 0 aliphatic heterocycles. The van der Waals surface area contributed by atoms with Gasteiger partial charge in [0.15, 0.2) is 0 Å². The van der Waals surface area contributed by atoms with E-state index in [0.29, 0.717) is 6.42 Å². The third-order valence-corrected chi connectivity index (χ3v) is 5.25. The Morgan fingerprint density at radius 1 is 1.03 bits per heavy atom. The number of hydrogen-bond donors (Lipinski definition) is 3. The lowest BCUT2D eigenvalue weighted by molar-refractivity contribution is -0.136. The van der Waals surface area contributed by atoms with Crippen molar-refractivity contribution in [1.82, 2.24) is 10.6 Å². The zero-order valence-electron chi connectivity index (χ0n) is 16.9. The van der Waals surface area contributed by atoms with Crippen LogP contribution in [0.5, 0.6) is 0 Å². The van der Waals surface area contributed by atoms with E-state index >= 15 is 0 Å². The molecule has 3 N–H and O–H groups in total. The number of carboxylic acid groups (broad SMARTS) is 1. The molecule has 2 amide bonds. The molecule has 1 aliphatic rings. The summed E-state index contributed by atoms with van der Waals surface area (Å²) in [5.74, 6) is -1.30. The summed E-state index contributed by atoms with van der Waals surface area (Å²) < 4.78 is 5.51. The SMILES string of the molecule is CCC(CC(=O)NCCC(=O)O)NC(=O)OCC1c2ccccc2-c2ccccc21. The number of aliphatic carboxylic acids is 1. The normalized spacial score (nSPS) is 13.1. The number of carbonyl (C=O) groups is 3. The van der Waals surface area contributed by atoms with E-state index in [9.17, 15) is 14.4 Å². The molecule has 0 fully saturated rings. The van der Waals surface area contributed by atoms with Gasteiger partial charge in [-0.25, -0.2) is 4.79 Å². The van der Waals surface area contributed by atoms with Crippen LogP contribution in [0.2, 0.25) is 0 Å². The maximum atomic E-state index is 12.3. The van der Waals surface area contributed by atoms with Gasteiger partial charge in [0.1, 0.15) is 6.61 Å². The summed E-state index contributed by atoms with van der Waals surface area (Å²) in [6, 6.07) is 15.8. The average Bonchev–Trinajstić information content (AvgIpc) is 3.05. The molecule has 2 aromatic carbocycles. The molecule has 3 rings (SSSR count). The van der Waals surface area contributed by atoms with Crippen LogP contribution in [-0.4, -0.2) is 42.3 Å². The van der Waals surface area contributed by atoms with Crippen LogP contribution in [0.4, 0.5) is 4.79 Å². The van der Waals surface area contributed by atoms with Gasteiger partial charge in [0.25, 0.3) is 0 Å². The van der Waals surface area contributed by atoms with Crippen LogP contribution in [0.1, 0.15) is 43.2 Å². The molecule has 158 valence electrons. The quantitative estimate of drug-likeness (QED) is 0.588. The molecule has 0 saturated carbocycles. The van der Waals surface area contributed by atoms with Gasteiger partial charge in [-0.1, -0.05) is 55.5 Å². The van der Waals surface area contributed by atoms with Gasteiger partial charge >= 0.3 is 12.1 Å². The van der Waals surface area contributed by atoms with Crippen LogP contribution in [0.3, 0.4) is 0 Å². The van der Waals surface area contributed by atoms with Crippen molar-refractivity contribution in [2.75, 3.05) is 13.2 Å². The van der Waals surface area contributed by atoms with Gasteiger partial charge in [0, 0.05) is 24.9 Å². The Morgan fingerprint density at radius 2 is 1.63 bits per heavy atom. The third kappa shape index (κ3) is 5.17. The minimum absolute atomic E-state index is 0.0254. The molecule has 0 bridgehead atoms. The van der Waals surface area contributed by atoms with E-state index in [4.69, 9.17) is 9.84 Å². The fourth-order valence-corrected chi connectivity index (χ4v) is 3.71. The minimum Gasteiger partial charge on any atom is -0.481 e. The summed E-state index contributed by atoms with van der Waals surface area (Å²) in [6.45, 7) is 2.13. The van der Waals surface area contributed by atoms with Crippen LogP contribution < -0.4 is 10.6 Å². The van der Waals surface area contributed by atoms with Gasteiger partial charge in [-0.2, -0.15) is 0 Å². The van der Waals surface area contributed by atoms with Crippen molar-refractivity contribution in [3.05, 3.63) is 59.7 Å². The van der Waals surface area contributed by atoms with Crippen LogP contribution in [0.25, 0.3) is 11.1 Å². The second-order valence-corrected chi connectivity index (χ2v) is 7.27. The number of fused-ring (bicyclic) bond motifs is 3. The standard InChI is InChI=1S/C23H26N2O5/c1-2-15(13-21(26)24-12-11-22(27)28)25-23(29)30-14-20-18-9-5-3-7-16(18)17-8-4-6-10-19(17)20/h3-10,15,20H,2,11-14H2,1H3,(H,24,26)(H,25,29)(H,27,28). The van der Waals surface area contributed by atoms with Gasteiger partial charge in [0.05, 0.1) is 6.42 Å². The van der Waals surface area contributed by atoms with E-state index in [-0.39, 0.29) is 43.9 Å². The molecule has 0 aromatic heterocycles. The number of hydrogen-bond acceptors (Lipinski definition) is 4. The van der Waals surface area contributed by atoms with Gasteiger partial charge in [-0.15, -0.1) is 0 Å². The van der Waals surface area contributed by atoms with Crippen molar-refractivity contribution < 1.29 is 24.2 Å². The number of alkyl carbamates (subject to hydrolysis) is 1. The Hall–Kier alpha value is -3.35. The molecule has 1 atom stereocenters. The lowest BCUT2D eigenvalue weighted by Gasteiger charge is -2.18. The van der Waals surface area contributed by atoms with E-state index < -0.39 is 12.1 Å². The lowest BCUT2D eigenvalue weighted by atomic mass is 9.98. The van der Waals surface area contributed by atoms with Gasteiger partial charge in [-0.3, -0.25) is 9.59 Å². The Labute approximate surface area is 175 Å². The van der Waals surface area contributed by atoms with E-state index in [1.165, 1.54) is 0 Å². The predicted molar refractivity (Wildman–Crippen MR) is 112 cm³/mol. The first-order chi connectivity index (χ1) is 14.5. The van der Waals surface area contributed by atoms with Crippen molar-refractivity contribution in [2.45, 2.75) is 38.1 Å². The van der Waals surface area contributed by atoms with Crippen LogP contribution in [0, 0.1) is 0 Å². The lowest BCUT2D eigenvalue weighted by Crippen LogP contribution is -2.39. The predicted octanol–water partition coefficient (Wildman–Crippen LogP) is 3.28. The van der Waals surface area contributed by atoms with Crippen molar-refractivity contribution in [3.8, 4) is 11.1 Å². The molecule has 1 unspecified atom stereocenters. The summed E-state index contributed by atoms with van der Waals surface area (Å²) in [6.07, 6.45) is -0.0822. The zero-order chi connectivity index (χ0) is 21.5. The highest BCUT2D eigenvalue weighted by atomic mass is 16.5. The molecular weight excluding hydrogens is 384 g/mol. The molecule has 7 heteroatoms. The summed E-state index contributed by atoms with van der Waals surface area (Å²) >= 11 is 0. The number of benzene rings is 2. The maximum Gasteiger partial charge on any atom is 0.407 e. The monoisotopic (exact) mass is 410 g/mol. The smallest absolute Gasteiger partial charge is 0.407 e. The summed E-state index contributed by atoms with van der Waals surface area (Å²) in [5.41, 5.74) is 4.59. The van der Waals surface area contributed by atoms with Crippen molar-refractivity contribution >= 4 is 18.0 Å². The van der Waals surface area contributed by atoms with E-state index in [1.54, 1.807) is 0 Å². The first kappa shape index (κ1) is 21.4. The molecule has 0 heterocycles. The number of rotatable bonds is 9. The van der Waals surface area contributed by atoms with Crippen molar-refractivity contribution in [3.63, 3.8) is 0 Å². The first-order valence-corrected chi connectivity index (χ1v) is 10.1. The van der Waals surface area contributed by atoms with Crippen LogP contribution in [0.15, 0.2) is 48.5 Å². The molecule has 1 aliphatic carbocycles. The van der Waals surface area contributed by atoms with Crippen molar-refractivity contribution in [2.24, 2.45) is 0 Å². The largest absolute Gasteiger partial charge is 0.481 e. The third-order valence-electron chi connectivity index (χ3n) is 5.25. The highest BCUT2D eigenvalue weighted by Crippen LogP contribution is 2.44. The van der Waals surface area contributed by atoms with Gasteiger partial charge in [-0.05, 0) is 28.7 Å². The fourth-order valence-electron chi connectivity index (χ4n) is 3.71. The molecule has 30 heavy (non-hydrogen) atoms. The molecular formula is C23H26N2O5. The van der Waals surface area contributed by atoms with Gasteiger partial charge in [0.2, 0.25) is 5.91 Å². The molecule has 7 nitrogen and oxygen atoms in total. The molecule has 0 saturated heterocycles. The number of carboxylic acids is 1. The Bertz CT molecular complexity index is 882. The number of carbonyl (C=O) groups excluding carboxylic acids is 2. The number of amides is 2. The van der Waals surface area contributed by atoms with E-state index in [1.807, 2.05) is 31.2 Å². The zero-order valence-corrected chi connectivity index (χ0v) is 16.9. The second kappa shape index (κ2) is 9.91. The minimum atomic E-state index is -0.973. The molecule has 0 radical (unpaired) electrons. The average molecular weight is 410 g/mol. The van der Waals surface area contributed by atoms with Gasteiger partial charge < -0.3 is 20.5 Å². The Kier molecular flexibility index (Phi) is 7.06. The summed E-state index contributed by atoms with van der Waals surface area (Å²) in [7, 11) is 0. The van der Waals surface area contributed by atoms with E-state index in [0.717, 1.165) is 22.3 Å². The highest BCUT2D eigenvalue weighted by molar-refractivity contribution is 5.80. The van der Waals surface area contributed by atoms with Crippen molar-refractivity contribution in [1.29, 1.82) is 0 Å². The topological polar surface area (TPSA) is 105 Å². The summed E-state index contributed by atoms with van der Waals surface area (Å²) in [5, 5.41) is 13.9. The second-order valence-electron chi connectivity index (χ2n) is 7.27. The molecule has 0 spiro atoms. The Balaban J connectivity index is 1.54. The van der Waals surface area contributed by atoms with E-state index in [2.05, 4.69) is 34.9 Å². The van der Waals surface area contributed by atoms with Crippen LogP contribution in [-0.2, 0) is 14.3 Å². The highest BCUT2D eigenvalue weighted by Gasteiger charge is 2.29.